The van der Waals surface area contributed by atoms with Crippen LogP contribution in [0.2, 0.25) is 0 Å². The van der Waals surface area contributed by atoms with E-state index in [1.54, 1.807) is 0 Å². The molecule has 70 valence electrons. The molecule has 0 aromatic heterocycles. The Balaban J connectivity index is 0. The van der Waals surface area contributed by atoms with Gasteiger partial charge in [0.15, 0.2) is 0 Å². The van der Waals surface area contributed by atoms with Gasteiger partial charge >= 0.3 is 0 Å². The van der Waals surface area contributed by atoms with Gasteiger partial charge < -0.3 is 10.3 Å². The van der Waals surface area contributed by atoms with Crippen LogP contribution in [0.25, 0.3) is 0 Å². The zero-order valence-electron chi connectivity index (χ0n) is 6.39. The van der Waals surface area contributed by atoms with Crippen molar-refractivity contribution in [2.45, 2.75) is 0 Å². The summed E-state index contributed by atoms with van der Waals surface area (Å²) in [6.45, 7) is 6.37. The molecule has 2 N–H and O–H groups in total. The summed E-state index contributed by atoms with van der Waals surface area (Å²) in [7, 11) is 0. The molecule has 0 fully saturated rings. The lowest BCUT2D eigenvalue weighted by Crippen LogP contribution is -2.04. The monoisotopic (exact) mass is 192 g/mol. The average Bonchev–Trinajstić information content (AvgIpc) is 2.02. The first-order chi connectivity index (χ1) is 5.54. The van der Waals surface area contributed by atoms with Gasteiger partial charge in [0.1, 0.15) is 0 Å². The topological polar surface area (TPSA) is 92.5 Å². The van der Waals surface area contributed by atoms with E-state index in [1.807, 2.05) is 0 Å². The molecule has 0 rings (SSSR count). The van der Waals surface area contributed by atoms with Crippen LogP contribution in [0.1, 0.15) is 0 Å². The summed E-state index contributed by atoms with van der Waals surface area (Å²) in [5.41, 5.74) is 4.53. The largest absolute Gasteiger partial charge is 0.750 e. The Hall–Kier alpha value is -0.980. The van der Waals surface area contributed by atoms with Gasteiger partial charge in [0.25, 0.3) is 0 Å². The second kappa shape index (κ2) is 10.0. The molecule has 1 amide bonds. The van der Waals surface area contributed by atoms with E-state index in [9.17, 15) is 13.6 Å². The molecule has 1 atom stereocenters. The lowest BCUT2D eigenvalue weighted by Gasteiger charge is -1.99. The third kappa shape index (κ3) is 23.0. The van der Waals surface area contributed by atoms with Crippen molar-refractivity contribution in [3.8, 4) is 0 Å². The standard InChI is InChI=1S/C3H5NO.C3H6O3S/c1-2-3(4)5;1-2-3-6-7(4)5/h2H,1H2,(H2,4,5);2H,1,3H2,(H,4,5)/p-1. The smallest absolute Gasteiger partial charge is 0.240 e. The Labute approximate surface area is 73.4 Å². The van der Waals surface area contributed by atoms with E-state index in [1.165, 1.54) is 6.08 Å². The first-order valence-corrected chi connectivity index (χ1v) is 3.79. The predicted octanol–water partition coefficient (Wildman–Crippen LogP) is -0.359. The third-order valence-electron chi connectivity index (χ3n) is 0.483. The van der Waals surface area contributed by atoms with Crippen LogP contribution in [0, 0.1) is 0 Å². The van der Waals surface area contributed by atoms with E-state index in [4.69, 9.17) is 0 Å². The number of primary amides is 1. The molecule has 0 radical (unpaired) electrons. The highest BCUT2D eigenvalue weighted by Crippen LogP contribution is 1.75. The number of carbonyl (C=O) groups excluding carboxylic acids is 1. The van der Waals surface area contributed by atoms with Gasteiger partial charge in [-0.1, -0.05) is 12.7 Å². The second-order valence-electron chi connectivity index (χ2n) is 1.38. The number of hydrogen-bond acceptors (Lipinski definition) is 4. The average molecular weight is 192 g/mol. The SMILES string of the molecule is C=CC(N)=O.C=CCOS(=O)[O-]. The quantitative estimate of drug-likeness (QED) is 0.374. The first kappa shape index (κ1) is 13.6. The molecule has 0 aromatic carbocycles. The van der Waals surface area contributed by atoms with E-state index in [2.05, 4.69) is 23.1 Å². The molecule has 0 heterocycles. The lowest BCUT2D eigenvalue weighted by molar-refractivity contribution is -0.113. The first-order valence-electron chi connectivity index (χ1n) is 2.79. The number of rotatable bonds is 4. The number of amides is 1. The Morgan fingerprint density at radius 2 is 2.08 bits per heavy atom. The minimum absolute atomic E-state index is 0.0517. The molecule has 0 spiro atoms. The van der Waals surface area contributed by atoms with Crippen LogP contribution in [-0.2, 0) is 20.3 Å². The van der Waals surface area contributed by atoms with Crippen molar-refractivity contribution < 1.29 is 17.7 Å². The number of hydrogen-bond donors (Lipinski definition) is 1. The Kier molecular flexibility index (Phi) is 11.4. The molecule has 0 aliphatic rings. The molecule has 0 bridgehead atoms. The van der Waals surface area contributed by atoms with Crippen molar-refractivity contribution in [2.24, 2.45) is 5.73 Å². The summed E-state index contributed by atoms with van der Waals surface area (Å²) in [5.74, 6) is -0.481. The van der Waals surface area contributed by atoms with E-state index in [-0.39, 0.29) is 6.61 Å². The Morgan fingerprint density at radius 1 is 1.67 bits per heavy atom. The maximum atomic E-state index is 9.49. The van der Waals surface area contributed by atoms with Crippen molar-refractivity contribution in [3.63, 3.8) is 0 Å². The van der Waals surface area contributed by atoms with Crippen LogP contribution in [0.5, 0.6) is 0 Å². The van der Waals surface area contributed by atoms with Crippen LogP contribution in [0.3, 0.4) is 0 Å². The maximum absolute atomic E-state index is 9.49. The summed E-state index contributed by atoms with van der Waals surface area (Å²) < 4.78 is 23.0. The summed E-state index contributed by atoms with van der Waals surface area (Å²) in [6.07, 6.45) is 2.41. The summed E-state index contributed by atoms with van der Waals surface area (Å²) in [4.78, 5) is 9.47. The van der Waals surface area contributed by atoms with Crippen LogP contribution in [0.15, 0.2) is 25.3 Å². The van der Waals surface area contributed by atoms with E-state index in [0.717, 1.165) is 6.08 Å². The molecular formula is C6H10NO4S-. The van der Waals surface area contributed by atoms with Crippen molar-refractivity contribution in [2.75, 3.05) is 6.61 Å². The van der Waals surface area contributed by atoms with Crippen LogP contribution in [0.4, 0.5) is 0 Å². The zero-order chi connectivity index (χ0) is 9.98. The molecule has 1 unspecified atom stereocenters. The summed E-state index contributed by atoms with van der Waals surface area (Å²) in [5, 5.41) is 0. The fraction of sp³-hybridized carbons (Fsp3) is 0.167. The molecular weight excluding hydrogens is 182 g/mol. The van der Waals surface area contributed by atoms with Gasteiger partial charge in [-0.05, 0) is 6.08 Å². The fourth-order valence-corrected chi connectivity index (χ4v) is 0.311. The molecule has 0 aliphatic heterocycles. The predicted molar refractivity (Wildman–Crippen MR) is 44.5 cm³/mol. The Morgan fingerprint density at radius 3 is 2.17 bits per heavy atom. The van der Waals surface area contributed by atoms with Crippen LogP contribution in [-0.4, -0.2) is 21.3 Å². The van der Waals surface area contributed by atoms with Crippen molar-refractivity contribution in [1.29, 1.82) is 0 Å². The summed E-state index contributed by atoms with van der Waals surface area (Å²) in [6, 6.07) is 0. The normalized spacial score (nSPS) is 10.4. The van der Waals surface area contributed by atoms with Gasteiger partial charge in [0, 0.05) is 0 Å². The van der Waals surface area contributed by atoms with Gasteiger partial charge in [0.2, 0.25) is 5.91 Å². The minimum atomic E-state index is -2.39. The van der Waals surface area contributed by atoms with E-state index < -0.39 is 17.3 Å². The lowest BCUT2D eigenvalue weighted by atomic mass is 10.6. The molecule has 5 nitrogen and oxygen atoms in total. The van der Waals surface area contributed by atoms with Crippen molar-refractivity contribution in [3.05, 3.63) is 25.3 Å². The molecule has 0 saturated carbocycles. The highest BCUT2D eigenvalue weighted by Gasteiger charge is 1.73. The number of nitrogens with two attached hydrogens (primary N) is 1. The molecule has 0 aromatic rings. The van der Waals surface area contributed by atoms with Gasteiger partial charge in [-0.25, -0.2) is 4.21 Å². The van der Waals surface area contributed by atoms with Crippen LogP contribution < -0.4 is 5.73 Å². The Bertz CT molecular complexity index is 180. The van der Waals surface area contributed by atoms with E-state index in [0.29, 0.717) is 0 Å². The van der Waals surface area contributed by atoms with Gasteiger partial charge in [-0.2, -0.15) is 0 Å². The van der Waals surface area contributed by atoms with Gasteiger partial charge in [0.05, 0.1) is 18.0 Å². The fourth-order valence-electron chi connectivity index (χ4n) is 0.104. The van der Waals surface area contributed by atoms with Gasteiger partial charge in [-0.3, -0.25) is 8.98 Å². The maximum Gasteiger partial charge on any atom is 0.240 e. The molecule has 12 heavy (non-hydrogen) atoms. The minimum Gasteiger partial charge on any atom is -0.750 e. The second-order valence-corrected chi connectivity index (χ2v) is 2.03. The highest BCUT2D eigenvalue weighted by molar-refractivity contribution is 7.74. The molecule has 0 saturated heterocycles. The third-order valence-corrected chi connectivity index (χ3v) is 0.812. The number of carbonyl (C=O) groups is 1. The highest BCUT2D eigenvalue weighted by atomic mass is 32.2. The van der Waals surface area contributed by atoms with Crippen molar-refractivity contribution >= 4 is 17.3 Å². The van der Waals surface area contributed by atoms with Crippen molar-refractivity contribution in [1.82, 2.24) is 0 Å². The zero-order valence-corrected chi connectivity index (χ0v) is 7.21. The molecule has 0 aliphatic carbocycles. The van der Waals surface area contributed by atoms with Gasteiger partial charge in [-0.15, -0.1) is 6.58 Å². The molecule has 6 heteroatoms. The van der Waals surface area contributed by atoms with Crippen LogP contribution >= 0.6 is 0 Å². The summed E-state index contributed by atoms with van der Waals surface area (Å²) >= 11 is -2.39. The van der Waals surface area contributed by atoms with E-state index >= 15 is 0 Å².